The van der Waals surface area contributed by atoms with Gasteiger partial charge in [0.2, 0.25) is 10.0 Å². The van der Waals surface area contributed by atoms with Gasteiger partial charge in [0.05, 0.1) is 11.3 Å². The van der Waals surface area contributed by atoms with Crippen LogP contribution in [0.2, 0.25) is 0 Å². The van der Waals surface area contributed by atoms with Crippen molar-refractivity contribution in [3.05, 3.63) is 23.9 Å². The monoisotopic (exact) mass is 445 g/mol. The highest BCUT2D eigenvalue weighted by Crippen LogP contribution is 2.64. The average Bonchev–Trinajstić information content (AvgIpc) is 3.01. The van der Waals surface area contributed by atoms with E-state index in [1.54, 1.807) is 4.90 Å². The van der Waals surface area contributed by atoms with Gasteiger partial charge in [0.25, 0.3) is 0 Å². The maximum Gasteiger partial charge on any atom is 0.416 e. The fourth-order valence-electron chi connectivity index (χ4n) is 5.47. The number of anilines is 1. The molecule has 0 unspecified atom stereocenters. The third-order valence-corrected chi connectivity index (χ3v) is 9.61. The van der Waals surface area contributed by atoms with Crippen molar-refractivity contribution in [1.29, 1.82) is 0 Å². The Kier molecular flexibility index (Phi) is 4.97. The molecule has 1 aliphatic heterocycles. The lowest BCUT2D eigenvalue weighted by Crippen LogP contribution is -2.53. The Morgan fingerprint density at radius 1 is 1.20 bits per heavy atom. The first-order chi connectivity index (χ1) is 13.9. The van der Waals surface area contributed by atoms with Gasteiger partial charge in [0.15, 0.2) is 0 Å². The molecule has 0 N–H and O–H groups in total. The summed E-state index contributed by atoms with van der Waals surface area (Å²) in [6.45, 7) is 4.83. The number of halogens is 3. The molecule has 3 aliphatic rings. The van der Waals surface area contributed by atoms with E-state index in [-0.39, 0.29) is 54.9 Å². The molecule has 0 spiro atoms. The SMILES string of the molecule is CC1(C)[C@@H]2CC[C@]1(CS(=O)(=O)N1CCN(c3cc(C(F)(F)F)ccn3)CC1)C(=O)C2. The average molecular weight is 446 g/mol. The van der Waals surface area contributed by atoms with Crippen LogP contribution >= 0.6 is 0 Å². The third kappa shape index (κ3) is 3.32. The molecule has 2 aliphatic carbocycles. The molecule has 0 amide bonds. The highest BCUT2D eigenvalue weighted by Gasteiger charge is 2.65. The smallest absolute Gasteiger partial charge is 0.354 e. The summed E-state index contributed by atoms with van der Waals surface area (Å²) < 4.78 is 66.6. The number of carbonyl (C=O) groups is 1. The number of fused-ring (bicyclic) bond motifs is 2. The normalized spacial score (nSPS) is 29.6. The second kappa shape index (κ2) is 6.91. The summed E-state index contributed by atoms with van der Waals surface area (Å²) in [6, 6.07) is 1.90. The number of nitrogens with zero attached hydrogens (tertiary/aromatic N) is 3. The van der Waals surface area contributed by atoms with Crippen molar-refractivity contribution >= 4 is 21.6 Å². The van der Waals surface area contributed by atoms with Gasteiger partial charge in [-0.25, -0.2) is 13.4 Å². The summed E-state index contributed by atoms with van der Waals surface area (Å²) in [5.41, 5.74) is -1.93. The molecule has 3 fully saturated rings. The molecule has 0 aromatic carbocycles. The largest absolute Gasteiger partial charge is 0.416 e. The van der Waals surface area contributed by atoms with Crippen molar-refractivity contribution in [3.8, 4) is 0 Å². The van der Waals surface area contributed by atoms with Crippen molar-refractivity contribution in [2.45, 2.75) is 39.3 Å². The van der Waals surface area contributed by atoms with Gasteiger partial charge in [-0.05, 0) is 36.3 Å². The lowest BCUT2D eigenvalue weighted by Gasteiger charge is -2.40. The van der Waals surface area contributed by atoms with Crippen molar-refractivity contribution in [3.63, 3.8) is 0 Å². The number of Topliss-reactive ketones (excluding diaryl/α,β-unsaturated/α-hetero) is 1. The van der Waals surface area contributed by atoms with E-state index in [2.05, 4.69) is 4.98 Å². The minimum absolute atomic E-state index is 0.0547. The van der Waals surface area contributed by atoms with E-state index < -0.39 is 27.2 Å². The number of hydrogen-bond donors (Lipinski definition) is 0. The van der Waals surface area contributed by atoms with Crippen LogP contribution < -0.4 is 4.90 Å². The molecule has 1 aromatic rings. The van der Waals surface area contributed by atoms with Crippen LogP contribution in [0.1, 0.15) is 38.7 Å². The third-order valence-electron chi connectivity index (χ3n) is 7.60. The minimum atomic E-state index is -4.46. The van der Waals surface area contributed by atoms with Crippen molar-refractivity contribution in [2.24, 2.45) is 16.7 Å². The molecule has 30 heavy (non-hydrogen) atoms. The van der Waals surface area contributed by atoms with Crippen LogP contribution in [0.15, 0.2) is 18.3 Å². The molecule has 4 rings (SSSR count). The van der Waals surface area contributed by atoms with E-state index >= 15 is 0 Å². The number of aromatic nitrogens is 1. The van der Waals surface area contributed by atoms with Crippen LogP contribution in [0.25, 0.3) is 0 Å². The fraction of sp³-hybridized carbons (Fsp3) is 0.700. The standard InChI is InChI=1S/C20H26F3N3O3S/c1-18(2)14-3-5-19(18,16(27)11-14)13-30(28,29)26-9-7-25(8-10-26)17-12-15(4-6-24-17)20(21,22)23/h4,6,12,14H,3,5,7-11,13H2,1-2H3/t14-,19+/m1/s1. The van der Waals surface area contributed by atoms with Crippen LogP contribution in [0.3, 0.4) is 0 Å². The Morgan fingerprint density at radius 3 is 2.40 bits per heavy atom. The van der Waals surface area contributed by atoms with Gasteiger partial charge in [0, 0.05) is 44.2 Å². The quantitative estimate of drug-likeness (QED) is 0.713. The fourth-order valence-corrected chi connectivity index (χ4v) is 7.68. The predicted octanol–water partition coefficient (Wildman–Crippen LogP) is 2.95. The van der Waals surface area contributed by atoms with Crippen LogP contribution in [0.5, 0.6) is 0 Å². The summed E-state index contributed by atoms with van der Waals surface area (Å²) in [6.07, 6.45) is -1.40. The lowest BCUT2D eigenvalue weighted by molar-refractivity contribution is -0.137. The molecule has 166 valence electrons. The number of hydrogen-bond acceptors (Lipinski definition) is 5. The second-order valence-electron chi connectivity index (χ2n) is 9.21. The van der Waals surface area contributed by atoms with Gasteiger partial charge in [-0.1, -0.05) is 13.8 Å². The van der Waals surface area contributed by atoms with Crippen molar-refractivity contribution < 1.29 is 26.4 Å². The number of ketones is 1. The first kappa shape index (κ1) is 21.5. The van der Waals surface area contributed by atoms with E-state index in [0.29, 0.717) is 12.8 Å². The number of carbonyl (C=O) groups excluding carboxylic acids is 1. The van der Waals surface area contributed by atoms with E-state index in [0.717, 1.165) is 24.8 Å². The Hall–Kier alpha value is -1.68. The number of rotatable bonds is 4. The van der Waals surface area contributed by atoms with Gasteiger partial charge in [0.1, 0.15) is 11.6 Å². The molecule has 2 heterocycles. The molecule has 2 saturated carbocycles. The van der Waals surface area contributed by atoms with Crippen molar-refractivity contribution in [1.82, 2.24) is 9.29 Å². The summed E-state index contributed by atoms with van der Waals surface area (Å²) in [7, 11) is -3.67. The molecular formula is C20H26F3N3O3S. The Bertz CT molecular complexity index is 956. The number of alkyl halides is 3. The Morgan fingerprint density at radius 2 is 1.87 bits per heavy atom. The molecule has 1 aromatic heterocycles. The van der Waals surface area contributed by atoms with Crippen LogP contribution in [-0.2, 0) is 21.0 Å². The zero-order chi connectivity index (χ0) is 21.9. The van der Waals surface area contributed by atoms with Crippen LogP contribution in [-0.4, -0.2) is 55.4 Å². The molecule has 1 saturated heterocycles. The van der Waals surface area contributed by atoms with E-state index in [4.69, 9.17) is 0 Å². The Labute approximate surface area is 174 Å². The number of sulfonamides is 1. The van der Waals surface area contributed by atoms with Gasteiger partial charge in [-0.3, -0.25) is 4.79 Å². The first-order valence-corrected chi connectivity index (χ1v) is 11.8. The molecular weight excluding hydrogens is 419 g/mol. The van der Waals surface area contributed by atoms with Gasteiger partial charge in [-0.15, -0.1) is 0 Å². The molecule has 10 heteroatoms. The van der Waals surface area contributed by atoms with Crippen molar-refractivity contribution in [2.75, 3.05) is 36.8 Å². The highest BCUT2D eigenvalue weighted by atomic mass is 32.2. The first-order valence-electron chi connectivity index (χ1n) is 10.2. The number of piperazine rings is 1. The van der Waals surface area contributed by atoms with Gasteiger partial charge >= 0.3 is 6.18 Å². The Balaban J connectivity index is 1.46. The van der Waals surface area contributed by atoms with Gasteiger partial charge in [-0.2, -0.15) is 17.5 Å². The van der Waals surface area contributed by atoms with Gasteiger partial charge < -0.3 is 4.90 Å². The summed E-state index contributed by atoms with van der Waals surface area (Å²) in [5.74, 6) is 0.304. The zero-order valence-corrected chi connectivity index (χ0v) is 17.9. The molecule has 2 bridgehead atoms. The number of pyridine rings is 1. The summed E-state index contributed by atoms with van der Waals surface area (Å²) in [4.78, 5) is 18.4. The minimum Gasteiger partial charge on any atom is -0.354 e. The van der Waals surface area contributed by atoms with Crippen LogP contribution in [0, 0.1) is 16.7 Å². The maximum absolute atomic E-state index is 13.2. The van der Waals surface area contributed by atoms with E-state index in [1.807, 2.05) is 13.8 Å². The van der Waals surface area contributed by atoms with Crippen LogP contribution in [0.4, 0.5) is 19.0 Å². The topological polar surface area (TPSA) is 70.6 Å². The molecule has 6 nitrogen and oxygen atoms in total. The summed E-state index contributed by atoms with van der Waals surface area (Å²) in [5, 5.41) is 0. The van der Waals surface area contributed by atoms with E-state index in [1.165, 1.54) is 4.31 Å². The lowest BCUT2D eigenvalue weighted by atomic mass is 9.70. The second-order valence-corrected chi connectivity index (χ2v) is 11.2. The zero-order valence-electron chi connectivity index (χ0n) is 17.1. The molecule has 2 atom stereocenters. The highest BCUT2D eigenvalue weighted by molar-refractivity contribution is 7.89. The predicted molar refractivity (Wildman–Crippen MR) is 105 cm³/mol. The maximum atomic E-state index is 13.2. The van der Waals surface area contributed by atoms with E-state index in [9.17, 15) is 26.4 Å². The molecule has 0 radical (unpaired) electrons. The summed E-state index contributed by atoms with van der Waals surface area (Å²) >= 11 is 0.